The summed E-state index contributed by atoms with van der Waals surface area (Å²) in [5, 5.41) is 36.6. The molecule has 0 N–H and O–H groups in total. The van der Waals surface area contributed by atoms with Gasteiger partial charge in [0.25, 0.3) is 0 Å². The van der Waals surface area contributed by atoms with E-state index in [0.717, 1.165) is 55.8 Å². The molecule has 0 amide bonds. The highest BCUT2D eigenvalue weighted by atomic mass is 16.3. The lowest BCUT2D eigenvalue weighted by Gasteiger charge is -1.99. The van der Waals surface area contributed by atoms with Crippen LogP contribution in [0.2, 0.25) is 0 Å². The van der Waals surface area contributed by atoms with Gasteiger partial charge in [-0.2, -0.15) is 0 Å². The van der Waals surface area contributed by atoms with E-state index in [2.05, 4.69) is 421 Å². The van der Waals surface area contributed by atoms with Gasteiger partial charge in [-0.25, -0.2) is 0 Å². The number of fused-ring (bicyclic) bond motifs is 29. The number of furan rings is 5. The first-order valence-electron chi connectivity index (χ1n) is 47.9. The summed E-state index contributed by atoms with van der Waals surface area (Å²) >= 11 is 0. The zero-order valence-electron chi connectivity index (χ0n) is 79.8. The van der Waals surface area contributed by atoms with E-state index < -0.39 is 0 Å². The fraction of sp³-hybridized carbons (Fsp3) is 0.0992. The number of aryl methyl sites for hydroxylation is 3. The molecular formula is C131H114O5. The summed E-state index contributed by atoms with van der Waals surface area (Å²) in [4.78, 5) is 0. The molecule has 0 saturated carbocycles. The fourth-order valence-corrected chi connectivity index (χ4v) is 17.6. The predicted molar refractivity (Wildman–Crippen MR) is 594 cm³/mol. The van der Waals surface area contributed by atoms with Crippen molar-refractivity contribution in [2.75, 3.05) is 0 Å². The first-order valence-corrected chi connectivity index (χ1v) is 47.9. The van der Waals surface area contributed by atoms with Crippen molar-refractivity contribution in [3.8, 4) is 0 Å². The van der Waals surface area contributed by atoms with Gasteiger partial charge in [-0.15, -0.1) is 0 Å². The third-order valence-corrected chi connectivity index (χ3v) is 23.9. The van der Waals surface area contributed by atoms with E-state index in [-0.39, 0.29) is 0 Å². The van der Waals surface area contributed by atoms with Crippen LogP contribution in [0.25, 0.3) is 217 Å². The Morgan fingerprint density at radius 1 is 0.118 bits per heavy atom. The van der Waals surface area contributed by atoms with Crippen molar-refractivity contribution in [1.29, 1.82) is 0 Å². The van der Waals surface area contributed by atoms with E-state index in [4.69, 9.17) is 22.1 Å². The highest BCUT2D eigenvalue weighted by molar-refractivity contribution is 6.24. The molecule has 0 spiro atoms. The molecule has 0 fully saturated rings. The molecule has 0 atom stereocenters. The van der Waals surface area contributed by atoms with Crippen LogP contribution < -0.4 is 0 Å². The van der Waals surface area contributed by atoms with E-state index in [1.807, 2.05) is 124 Å². The second-order valence-corrected chi connectivity index (χ2v) is 32.3. The second kappa shape index (κ2) is 44.3. The SMILES string of the molecule is CC.CC.CC.CC.CC.Cc1ccccc1.Cc1ccccc1.Cc1ccccc1.c1ccc2cc3c(cc2c1)oc1c2ccccc2ccc31.c1ccc2cc3c(cc2c1)oc1c2ccccc2ccc31.c1ccc2cc3c(cc2c1)oc1cc2ccccc2cc13.c1ccc2cc3c(cc2c1)oc1ccc2ccccc2c13.c1ccc2cc3c(cc2c1)oc1ccc2ccccc2c13. The third kappa shape index (κ3) is 20.2. The minimum Gasteiger partial charge on any atom is -0.456 e. The average Bonchev–Trinajstić information content (AvgIpc) is 1.65. The maximum Gasteiger partial charge on any atom is 0.143 e. The van der Waals surface area contributed by atoms with E-state index in [1.165, 1.54) is 178 Å². The summed E-state index contributed by atoms with van der Waals surface area (Å²) in [5.74, 6) is 0. The molecule has 28 aromatic rings. The van der Waals surface area contributed by atoms with Crippen LogP contribution in [0.5, 0.6) is 0 Å². The molecule has 5 heterocycles. The Morgan fingerprint density at radius 3 is 0.544 bits per heavy atom. The van der Waals surface area contributed by atoms with E-state index in [1.54, 1.807) is 0 Å². The van der Waals surface area contributed by atoms with Crippen LogP contribution >= 0.6 is 0 Å². The van der Waals surface area contributed by atoms with Crippen LogP contribution in [0.4, 0.5) is 0 Å². The molecule has 0 saturated heterocycles. The molecule has 5 nitrogen and oxygen atoms in total. The molecule has 5 aromatic heterocycles. The van der Waals surface area contributed by atoms with E-state index in [0.29, 0.717) is 0 Å². The normalized spacial score (nSPS) is 10.7. The topological polar surface area (TPSA) is 65.7 Å². The van der Waals surface area contributed by atoms with Crippen molar-refractivity contribution >= 4 is 217 Å². The number of benzene rings is 23. The Morgan fingerprint density at radius 2 is 0.294 bits per heavy atom. The van der Waals surface area contributed by atoms with Gasteiger partial charge < -0.3 is 22.1 Å². The van der Waals surface area contributed by atoms with E-state index >= 15 is 0 Å². The van der Waals surface area contributed by atoms with Crippen LogP contribution in [0.15, 0.2) is 477 Å². The lowest BCUT2D eigenvalue weighted by atomic mass is 10.0. The Labute approximate surface area is 795 Å². The maximum absolute atomic E-state index is 6.17. The Bertz CT molecular complexity index is 8240. The van der Waals surface area contributed by atoms with E-state index in [9.17, 15) is 0 Å². The minimum absolute atomic E-state index is 0.957. The summed E-state index contributed by atoms with van der Waals surface area (Å²) in [6.07, 6.45) is 0. The second-order valence-electron chi connectivity index (χ2n) is 32.3. The molecule has 136 heavy (non-hydrogen) atoms. The number of hydrogen-bond donors (Lipinski definition) is 0. The van der Waals surface area contributed by atoms with Gasteiger partial charge in [-0.05, 0) is 215 Å². The van der Waals surface area contributed by atoms with Gasteiger partial charge in [0.2, 0.25) is 0 Å². The number of hydrogen-bond acceptors (Lipinski definition) is 5. The lowest BCUT2D eigenvalue weighted by molar-refractivity contribution is 0.669. The van der Waals surface area contributed by atoms with Gasteiger partial charge >= 0.3 is 0 Å². The fourth-order valence-electron chi connectivity index (χ4n) is 17.6. The molecule has 0 aliphatic heterocycles. The third-order valence-electron chi connectivity index (χ3n) is 23.9. The summed E-state index contributed by atoms with van der Waals surface area (Å²) in [7, 11) is 0. The van der Waals surface area contributed by atoms with Gasteiger partial charge in [0.1, 0.15) is 55.8 Å². The van der Waals surface area contributed by atoms with Crippen molar-refractivity contribution in [3.63, 3.8) is 0 Å². The van der Waals surface area contributed by atoms with Gasteiger partial charge in [0.15, 0.2) is 0 Å². The maximum atomic E-state index is 6.17. The monoisotopic (exact) mass is 1770 g/mol. The van der Waals surface area contributed by atoms with Crippen molar-refractivity contribution in [2.45, 2.75) is 90.0 Å². The van der Waals surface area contributed by atoms with Gasteiger partial charge in [0.05, 0.1) is 0 Å². The minimum atomic E-state index is 0.957. The molecule has 23 aromatic carbocycles. The lowest BCUT2D eigenvalue weighted by Crippen LogP contribution is -1.75. The van der Waals surface area contributed by atoms with Gasteiger partial charge in [0, 0.05) is 64.6 Å². The summed E-state index contributed by atoms with van der Waals surface area (Å²) in [6.45, 7) is 26.2. The van der Waals surface area contributed by atoms with Crippen LogP contribution in [-0.2, 0) is 0 Å². The Balaban J connectivity index is 0.000000114. The van der Waals surface area contributed by atoms with Gasteiger partial charge in [-0.1, -0.05) is 444 Å². The van der Waals surface area contributed by atoms with Crippen molar-refractivity contribution in [1.82, 2.24) is 0 Å². The average molecular weight is 1770 g/mol. The van der Waals surface area contributed by atoms with Gasteiger partial charge in [-0.3, -0.25) is 0 Å². The summed E-state index contributed by atoms with van der Waals surface area (Å²) < 4.78 is 30.6. The Hall–Kier alpha value is -16.3. The van der Waals surface area contributed by atoms with Crippen LogP contribution in [0, 0.1) is 20.8 Å². The zero-order chi connectivity index (χ0) is 94.4. The summed E-state index contributed by atoms with van der Waals surface area (Å²) in [6, 6.07) is 158. The first kappa shape index (κ1) is 92.9. The van der Waals surface area contributed by atoms with Crippen molar-refractivity contribution < 1.29 is 22.1 Å². The van der Waals surface area contributed by atoms with Crippen LogP contribution in [0.1, 0.15) is 85.9 Å². The molecule has 0 unspecified atom stereocenters. The highest BCUT2D eigenvalue weighted by Gasteiger charge is 2.17. The largest absolute Gasteiger partial charge is 0.456 e. The van der Waals surface area contributed by atoms with Crippen molar-refractivity contribution in [3.05, 3.63) is 472 Å². The smallest absolute Gasteiger partial charge is 0.143 e. The molecule has 0 radical (unpaired) electrons. The first-order chi connectivity index (χ1) is 67.2. The molecule has 0 aliphatic rings. The Kier molecular flexibility index (Phi) is 30.2. The molecular weight excluding hydrogens is 1650 g/mol. The molecule has 0 bridgehead atoms. The molecule has 668 valence electrons. The standard InChI is InChI=1S/5C20H12O.3C7H8.5C2H6/c1-3-7-15-11-19-17(9-13(15)5-1)18-10-14-6-2-4-8-16(14)12-20(18)21-19;2*1-2-7-15-12-19-17(11-14(15)6-1)20-16-8-4-3-5-13(16)9-10-18(20)21-19;2*1-2-7-15-12-19-18(11-14(15)6-1)17-10-9-13-5-3-4-8-16(13)20(17)21-19;3*1-7-5-3-2-4-6-7;5*1-2/h5*1-12H;3*2-6H,1H3;5*1-2H3. The van der Waals surface area contributed by atoms with Crippen LogP contribution in [-0.4, -0.2) is 0 Å². The predicted octanol–water partition coefficient (Wildman–Crippen LogP) is 40.6. The van der Waals surface area contributed by atoms with Crippen LogP contribution in [0.3, 0.4) is 0 Å². The summed E-state index contributed by atoms with van der Waals surface area (Å²) in [5.41, 5.74) is 13.6. The molecule has 5 heteroatoms. The highest BCUT2D eigenvalue weighted by Crippen LogP contribution is 2.43. The molecule has 28 rings (SSSR count). The molecule has 0 aliphatic carbocycles. The van der Waals surface area contributed by atoms with Crippen molar-refractivity contribution in [2.24, 2.45) is 0 Å². The zero-order valence-corrected chi connectivity index (χ0v) is 79.8. The quantitative estimate of drug-likeness (QED) is 0.151. The number of rotatable bonds is 0.